The molecular weight excluding hydrogens is 380 g/mol. The maximum absolute atomic E-state index is 11.2. The van der Waals surface area contributed by atoms with Crippen molar-refractivity contribution in [1.29, 1.82) is 0 Å². The van der Waals surface area contributed by atoms with Gasteiger partial charge >= 0.3 is 0 Å². The van der Waals surface area contributed by atoms with Gasteiger partial charge in [0.05, 0.1) is 22.9 Å². The summed E-state index contributed by atoms with van der Waals surface area (Å²) in [4.78, 5) is 0. The van der Waals surface area contributed by atoms with Crippen LogP contribution in [0.4, 0.5) is 0 Å². The number of hydrogen-bond acceptors (Lipinski definition) is 5. The molecule has 2 N–H and O–H groups in total. The summed E-state index contributed by atoms with van der Waals surface area (Å²) in [5.74, 6) is 2.21. The van der Waals surface area contributed by atoms with E-state index < -0.39 is 20.5 Å². The zero-order valence-corrected chi connectivity index (χ0v) is 20.4. The number of hydrogen-bond donors (Lipinski definition) is 2. The second-order valence-electron chi connectivity index (χ2n) is 9.85. The van der Waals surface area contributed by atoms with Crippen molar-refractivity contribution in [2.24, 2.45) is 5.41 Å². The van der Waals surface area contributed by atoms with Crippen LogP contribution >= 0.6 is 23.5 Å². The van der Waals surface area contributed by atoms with Crippen LogP contribution in [0, 0.1) is 5.41 Å². The predicted molar refractivity (Wildman–Crippen MR) is 119 cm³/mol. The Balaban J connectivity index is 2.33. The van der Waals surface area contributed by atoms with Gasteiger partial charge in [0.15, 0.2) is 8.32 Å². The average Bonchev–Trinajstić information content (AvgIpc) is 2.52. The summed E-state index contributed by atoms with van der Waals surface area (Å²) >= 11 is 3.71. The standard InChI is InChI=1S/C20H38O3S2Si/c1-13-14(21)12-15(23-26(7,8)19(2,3)4)20(5,6)16(13)17(22)18-24-10-9-11-25-18/h14-15,17-18,21-22H,9-12H2,1-8H3/t14-,15+,17-/m0/s1. The fourth-order valence-corrected chi connectivity index (χ4v) is 8.03. The molecule has 0 unspecified atom stereocenters. The molecule has 1 heterocycles. The van der Waals surface area contributed by atoms with Crippen molar-refractivity contribution in [2.45, 2.75) is 95.4 Å². The van der Waals surface area contributed by atoms with E-state index in [1.165, 1.54) is 6.42 Å². The van der Waals surface area contributed by atoms with Crippen molar-refractivity contribution in [2.75, 3.05) is 11.5 Å². The first kappa shape index (κ1) is 22.8. The highest BCUT2D eigenvalue weighted by molar-refractivity contribution is 8.17. The third-order valence-corrected chi connectivity index (χ3v) is 14.0. The van der Waals surface area contributed by atoms with Crippen molar-refractivity contribution < 1.29 is 14.6 Å². The van der Waals surface area contributed by atoms with E-state index in [4.69, 9.17) is 4.43 Å². The van der Waals surface area contributed by atoms with Gasteiger partial charge in [0.25, 0.3) is 0 Å². The smallest absolute Gasteiger partial charge is 0.192 e. The molecule has 2 aliphatic rings. The van der Waals surface area contributed by atoms with Gasteiger partial charge in [-0.05, 0) is 54.1 Å². The molecular formula is C20H38O3S2Si. The molecule has 0 aromatic carbocycles. The Hall–Kier alpha value is 0.537. The SMILES string of the molecule is CC1=C([C@H](O)C2SCCCS2)C(C)(C)[C@H](O[Si](C)(C)C(C)(C)C)C[C@@H]1O. The van der Waals surface area contributed by atoms with Gasteiger partial charge in [-0.1, -0.05) is 34.6 Å². The molecule has 1 aliphatic heterocycles. The lowest BCUT2D eigenvalue weighted by atomic mass is 9.68. The van der Waals surface area contributed by atoms with Crippen molar-refractivity contribution >= 4 is 31.8 Å². The quantitative estimate of drug-likeness (QED) is 0.495. The van der Waals surface area contributed by atoms with Crippen LogP contribution in [0.15, 0.2) is 11.1 Å². The fourth-order valence-electron chi connectivity index (χ4n) is 3.70. The molecule has 0 aromatic rings. The van der Waals surface area contributed by atoms with Crippen molar-refractivity contribution in [3.8, 4) is 0 Å². The summed E-state index contributed by atoms with van der Waals surface area (Å²) in [6.07, 6.45) is 0.707. The Bertz CT molecular complexity index is 534. The van der Waals surface area contributed by atoms with E-state index in [-0.39, 0.29) is 21.1 Å². The molecule has 2 rings (SSSR count). The Morgan fingerprint density at radius 3 is 2.23 bits per heavy atom. The molecule has 152 valence electrons. The number of aliphatic hydroxyl groups excluding tert-OH is 2. The lowest BCUT2D eigenvalue weighted by Crippen LogP contribution is -2.53. The van der Waals surface area contributed by atoms with E-state index in [2.05, 4.69) is 47.7 Å². The van der Waals surface area contributed by atoms with Crippen molar-refractivity contribution in [1.82, 2.24) is 0 Å². The normalized spacial score (nSPS) is 29.8. The summed E-state index contributed by atoms with van der Waals surface area (Å²) in [6.45, 7) is 17.7. The Labute approximate surface area is 169 Å². The van der Waals surface area contributed by atoms with Crippen LogP contribution < -0.4 is 0 Å². The molecule has 0 radical (unpaired) electrons. The van der Waals surface area contributed by atoms with Crippen LogP contribution in [0.1, 0.15) is 54.4 Å². The Morgan fingerprint density at radius 1 is 1.19 bits per heavy atom. The van der Waals surface area contributed by atoms with Gasteiger partial charge in [-0.2, -0.15) is 0 Å². The number of thioether (sulfide) groups is 2. The fraction of sp³-hybridized carbons (Fsp3) is 0.900. The first-order chi connectivity index (χ1) is 11.8. The largest absolute Gasteiger partial charge is 0.413 e. The Morgan fingerprint density at radius 2 is 1.73 bits per heavy atom. The van der Waals surface area contributed by atoms with Crippen LogP contribution in [-0.4, -0.2) is 52.9 Å². The highest BCUT2D eigenvalue weighted by atomic mass is 32.2. The van der Waals surface area contributed by atoms with Crippen molar-refractivity contribution in [3.05, 3.63) is 11.1 Å². The van der Waals surface area contributed by atoms with Crippen LogP contribution in [0.25, 0.3) is 0 Å². The zero-order chi connectivity index (χ0) is 19.9. The van der Waals surface area contributed by atoms with Gasteiger partial charge in [-0.3, -0.25) is 0 Å². The van der Waals surface area contributed by atoms with Gasteiger partial charge in [-0.25, -0.2) is 0 Å². The lowest BCUT2D eigenvalue weighted by Gasteiger charge is -2.50. The summed E-state index contributed by atoms with van der Waals surface area (Å²) in [5.41, 5.74) is 1.67. The molecule has 1 aliphatic carbocycles. The van der Waals surface area contributed by atoms with Crippen LogP contribution in [0.5, 0.6) is 0 Å². The van der Waals surface area contributed by atoms with Crippen LogP contribution in [0.2, 0.25) is 18.1 Å². The minimum Gasteiger partial charge on any atom is -0.413 e. The van der Waals surface area contributed by atoms with Gasteiger partial charge < -0.3 is 14.6 Å². The number of rotatable bonds is 4. The molecule has 3 nitrogen and oxygen atoms in total. The van der Waals surface area contributed by atoms with Gasteiger partial charge in [0, 0.05) is 11.8 Å². The maximum atomic E-state index is 11.2. The topological polar surface area (TPSA) is 49.7 Å². The van der Waals surface area contributed by atoms with E-state index in [9.17, 15) is 10.2 Å². The van der Waals surface area contributed by atoms with Gasteiger partial charge in [0.1, 0.15) is 0 Å². The molecule has 1 fully saturated rings. The molecule has 6 heteroatoms. The van der Waals surface area contributed by atoms with E-state index in [1.54, 1.807) is 0 Å². The van der Waals surface area contributed by atoms with Gasteiger partial charge in [-0.15, -0.1) is 23.5 Å². The van der Waals surface area contributed by atoms with Crippen LogP contribution in [-0.2, 0) is 4.43 Å². The number of aliphatic hydroxyl groups is 2. The van der Waals surface area contributed by atoms with E-state index >= 15 is 0 Å². The molecule has 0 amide bonds. The Kier molecular flexibility index (Phi) is 7.12. The third kappa shape index (κ3) is 4.57. The molecule has 1 saturated heterocycles. The summed E-state index contributed by atoms with van der Waals surface area (Å²) in [5, 5.41) is 22.1. The molecule has 0 saturated carbocycles. The first-order valence-electron chi connectivity index (χ1n) is 9.77. The maximum Gasteiger partial charge on any atom is 0.192 e. The molecule has 26 heavy (non-hydrogen) atoms. The molecule has 0 spiro atoms. The highest BCUT2D eigenvalue weighted by Gasteiger charge is 2.49. The summed E-state index contributed by atoms with van der Waals surface area (Å²) in [7, 11) is -1.96. The van der Waals surface area contributed by atoms with E-state index in [0.29, 0.717) is 6.42 Å². The molecule has 3 atom stereocenters. The predicted octanol–water partition coefficient (Wildman–Crippen LogP) is 5.04. The van der Waals surface area contributed by atoms with Gasteiger partial charge in [0.2, 0.25) is 0 Å². The second kappa shape index (κ2) is 8.11. The molecule has 0 aromatic heterocycles. The lowest BCUT2D eigenvalue weighted by molar-refractivity contribution is 0.0104. The highest BCUT2D eigenvalue weighted by Crippen LogP contribution is 2.50. The van der Waals surface area contributed by atoms with E-state index in [0.717, 1.165) is 22.7 Å². The minimum atomic E-state index is -1.96. The molecule has 0 bridgehead atoms. The average molecular weight is 419 g/mol. The monoisotopic (exact) mass is 418 g/mol. The zero-order valence-electron chi connectivity index (χ0n) is 17.8. The minimum absolute atomic E-state index is 0.0645. The summed E-state index contributed by atoms with van der Waals surface area (Å²) < 4.78 is 6.92. The van der Waals surface area contributed by atoms with Crippen molar-refractivity contribution in [3.63, 3.8) is 0 Å². The first-order valence-corrected chi connectivity index (χ1v) is 14.8. The van der Waals surface area contributed by atoms with Crippen LogP contribution in [0.3, 0.4) is 0 Å². The second-order valence-corrected chi connectivity index (χ2v) is 17.4. The third-order valence-electron chi connectivity index (χ3n) is 6.51. The van der Waals surface area contributed by atoms with E-state index in [1.807, 2.05) is 30.4 Å². The summed E-state index contributed by atoms with van der Waals surface area (Å²) in [6, 6.07) is 0.